The number of nitriles is 1. The number of rotatable bonds is 5. The Kier molecular flexibility index (Phi) is 5.36. The van der Waals surface area contributed by atoms with Crippen molar-refractivity contribution in [2.45, 2.75) is 25.0 Å². The van der Waals surface area contributed by atoms with Gasteiger partial charge in [-0.15, -0.1) is 0 Å². The van der Waals surface area contributed by atoms with E-state index in [1.807, 2.05) is 6.07 Å². The summed E-state index contributed by atoms with van der Waals surface area (Å²) in [5, 5.41) is 28.1. The molecule has 0 amide bonds. The van der Waals surface area contributed by atoms with E-state index < -0.39 is 6.10 Å². The first-order chi connectivity index (χ1) is 9.67. The molecule has 0 aromatic heterocycles. The van der Waals surface area contributed by atoms with Crippen LogP contribution in [0.5, 0.6) is 5.75 Å². The number of piperidine rings is 1. The van der Waals surface area contributed by atoms with Gasteiger partial charge < -0.3 is 19.8 Å². The van der Waals surface area contributed by atoms with Crippen molar-refractivity contribution in [3.63, 3.8) is 0 Å². The Balaban J connectivity index is 1.71. The lowest BCUT2D eigenvalue weighted by Gasteiger charge is -2.30. The minimum Gasteiger partial charge on any atom is -0.491 e. The van der Waals surface area contributed by atoms with Crippen LogP contribution in [0.4, 0.5) is 0 Å². The van der Waals surface area contributed by atoms with Crippen LogP contribution in [0.3, 0.4) is 0 Å². The van der Waals surface area contributed by atoms with Crippen molar-refractivity contribution in [1.29, 1.82) is 5.26 Å². The van der Waals surface area contributed by atoms with E-state index in [4.69, 9.17) is 10.00 Å². The van der Waals surface area contributed by atoms with E-state index in [0.717, 1.165) is 25.9 Å². The monoisotopic (exact) mass is 276 g/mol. The minimum atomic E-state index is -0.555. The van der Waals surface area contributed by atoms with Crippen molar-refractivity contribution >= 4 is 0 Å². The number of aliphatic hydroxyl groups is 2. The number of benzene rings is 1. The predicted octanol–water partition coefficient (Wildman–Crippen LogP) is 0.755. The van der Waals surface area contributed by atoms with Crippen LogP contribution in [0.25, 0.3) is 0 Å². The molecular weight excluding hydrogens is 256 g/mol. The molecule has 0 aliphatic carbocycles. The SMILES string of the molecule is N#Cc1ccc(OC[C@H](O)CN2CCC(O)CC2)cc1. The fraction of sp³-hybridized carbons (Fsp3) is 0.533. The molecule has 1 saturated heterocycles. The molecular formula is C15H20N2O3. The first kappa shape index (κ1) is 14.8. The number of aliphatic hydroxyl groups excluding tert-OH is 2. The van der Waals surface area contributed by atoms with Crippen LogP contribution in [0.1, 0.15) is 18.4 Å². The van der Waals surface area contributed by atoms with Crippen molar-refractivity contribution < 1.29 is 14.9 Å². The van der Waals surface area contributed by atoms with E-state index in [2.05, 4.69) is 4.90 Å². The highest BCUT2D eigenvalue weighted by molar-refractivity contribution is 5.34. The fourth-order valence-corrected chi connectivity index (χ4v) is 2.27. The van der Waals surface area contributed by atoms with Crippen molar-refractivity contribution in [2.75, 3.05) is 26.2 Å². The Morgan fingerprint density at radius 2 is 1.95 bits per heavy atom. The zero-order chi connectivity index (χ0) is 14.4. The summed E-state index contributed by atoms with van der Waals surface area (Å²) in [4.78, 5) is 2.14. The largest absolute Gasteiger partial charge is 0.491 e. The fourth-order valence-electron chi connectivity index (χ4n) is 2.27. The number of β-amino-alcohol motifs (C(OH)–C–C–N with tert-alkyl or cyclic N) is 1. The molecule has 1 fully saturated rings. The average molecular weight is 276 g/mol. The zero-order valence-corrected chi connectivity index (χ0v) is 11.4. The summed E-state index contributed by atoms with van der Waals surface area (Å²) in [5.74, 6) is 0.650. The Bertz CT molecular complexity index is 447. The van der Waals surface area contributed by atoms with Gasteiger partial charge in [-0.25, -0.2) is 0 Å². The molecule has 1 heterocycles. The van der Waals surface area contributed by atoms with Gasteiger partial charge in [0.2, 0.25) is 0 Å². The summed E-state index contributed by atoms with van der Waals surface area (Å²) < 4.78 is 5.49. The average Bonchev–Trinajstić information content (AvgIpc) is 2.48. The lowest BCUT2D eigenvalue weighted by molar-refractivity contribution is 0.0337. The molecule has 1 aromatic rings. The van der Waals surface area contributed by atoms with Crippen molar-refractivity contribution in [1.82, 2.24) is 4.90 Å². The van der Waals surface area contributed by atoms with Gasteiger partial charge in [-0.1, -0.05) is 0 Å². The Morgan fingerprint density at radius 1 is 1.30 bits per heavy atom. The van der Waals surface area contributed by atoms with Crippen LogP contribution >= 0.6 is 0 Å². The van der Waals surface area contributed by atoms with E-state index >= 15 is 0 Å². The highest BCUT2D eigenvalue weighted by Crippen LogP contribution is 2.13. The molecule has 0 saturated carbocycles. The molecule has 2 rings (SSSR count). The van der Waals surface area contributed by atoms with E-state index in [0.29, 0.717) is 17.9 Å². The van der Waals surface area contributed by atoms with Crippen LogP contribution in [0.2, 0.25) is 0 Å². The third kappa shape index (κ3) is 4.49. The Hall–Kier alpha value is -1.61. The number of hydrogen-bond acceptors (Lipinski definition) is 5. The van der Waals surface area contributed by atoms with Gasteiger partial charge in [0.1, 0.15) is 18.5 Å². The van der Waals surface area contributed by atoms with Gasteiger partial charge in [0, 0.05) is 19.6 Å². The van der Waals surface area contributed by atoms with E-state index in [1.54, 1.807) is 24.3 Å². The molecule has 0 bridgehead atoms. The maximum Gasteiger partial charge on any atom is 0.119 e. The van der Waals surface area contributed by atoms with Gasteiger partial charge >= 0.3 is 0 Å². The molecule has 0 spiro atoms. The molecule has 1 atom stereocenters. The van der Waals surface area contributed by atoms with Gasteiger partial charge in [-0.05, 0) is 37.1 Å². The lowest BCUT2D eigenvalue weighted by Crippen LogP contribution is -2.41. The molecule has 0 unspecified atom stereocenters. The maximum atomic E-state index is 9.95. The Morgan fingerprint density at radius 3 is 2.55 bits per heavy atom. The molecule has 1 aromatic carbocycles. The van der Waals surface area contributed by atoms with Crippen molar-refractivity contribution in [3.8, 4) is 11.8 Å². The predicted molar refractivity (Wildman–Crippen MR) is 74.3 cm³/mol. The third-order valence-corrected chi connectivity index (χ3v) is 3.45. The molecule has 0 radical (unpaired) electrons. The van der Waals surface area contributed by atoms with E-state index in [9.17, 15) is 10.2 Å². The van der Waals surface area contributed by atoms with Crippen LogP contribution in [0, 0.1) is 11.3 Å². The number of nitrogens with zero attached hydrogens (tertiary/aromatic N) is 2. The second-order valence-electron chi connectivity index (χ2n) is 5.13. The molecule has 108 valence electrons. The molecule has 1 aliphatic rings. The molecule has 5 nitrogen and oxygen atoms in total. The second kappa shape index (κ2) is 7.25. The second-order valence-corrected chi connectivity index (χ2v) is 5.13. The summed E-state index contributed by atoms with van der Waals surface area (Å²) in [6.07, 6.45) is 0.783. The smallest absolute Gasteiger partial charge is 0.119 e. The molecule has 1 aliphatic heterocycles. The van der Waals surface area contributed by atoms with Crippen LogP contribution in [-0.4, -0.2) is 53.6 Å². The van der Waals surface area contributed by atoms with Crippen molar-refractivity contribution in [3.05, 3.63) is 29.8 Å². The van der Waals surface area contributed by atoms with Crippen LogP contribution in [-0.2, 0) is 0 Å². The van der Waals surface area contributed by atoms with Gasteiger partial charge in [0.05, 0.1) is 17.7 Å². The van der Waals surface area contributed by atoms with E-state index in [1.165, 1.54) is 0 Å². The summed E-state index contributed by atoms with van der Waals surface area (Å²) in [5.41, 5.74) is 0.588. The summed E-state index contributed by atoms with van der Waals surface area (Å²) >= 11 is 0. The minimum absolute atomic E-state index is 0.196. The highest BCUT2D eigenvalue weighted by atomic mass is 16.5. The van der Waals surface area contributed by atoms with Crippen molar-refractivity contribution in [2.24, 2.45) is 0 Å². The van der Waals surface area contributed by atoms with E-state index in [-0.39, 0.29) is 12.7 Å². The lowest BCUT2D eigenvalue weighted by atomic mass is 10.1. The highest BCUT2D eigenvalue weighted by Gasteiger charge is 2.19. The zero-order valence-electron chi connectivity index (χ0n) is 11.4. The van der Waals surface area contributed by atoms with Gasteiger partial charge in [0.15, 0.2) is 0 Å². The standard InChI is InChI=1S/C15H20N2O3/c16-9-12-1-3-15(4-2-12)20-11-14(19)10-17-7-5-13(18)6-8-17/h1-4,13-14,18-19H,5-8,10-11H2/t14-/m1/s1. The summed E-state index contributed by atoms with van der Waals surface area (Å²) in [6.45, 7) is 2.41. The first-order valence-electron chi connectivity index (χ1n) is 6.89. The molecule has 20 heavy (non-hydrogen) atoms. The number of likely N-dealkylation sites (tertiary alicyclic amines) is 1. The normalized spacial score (nSPS) is 18.4. The Labute approximate surface area is 119 Å². The van der Waals surface area contributed by atoms with Gasteiger partial charge in [-0.3, -0.25) is 0 Å². The molecule has 5 heteroatoms. The third-order valence-electron chi connectivity index (χ3n) is 3.45. The van der Waals surface area contributed by atoms with Crippen LogP contribution in [0.15, 0.2) is 24.3 Å². The summed E-state index contributed by atoms with van der Waals surface area (Å²) in [6, 6.07) is 8.87. The van der Waals surface area contributed by atoms with Crippen LogP contribution < -0.4 is 4.74 Å². The molecule has 2 N–H and O–H groups in total. The topological polar surface area (TPSA) is 76.7 Å². The quantitative estimate of drug-likeness (QED) is 0.830. The summed E-state index contributed by atoms with van der Waals surface area (Å²) in [7, 11) is 0. The first-order valence-corrected chi connectivity index (χ1v) is 6.89. The maximum absolute atomic E-state index is 9.95. The van der Waals surface area contributed by atoms with Gasteiger partial charge in [0.25, 0.3) is 0 Å². The number of hydrogen-bond donors (Lipinski definition) is 2. The van der Waals surface area contributed by atoms with Gasteiger partial charge in [-0.2, -0.15) is 5.26 Å². The number of ether oxygens (including phenoxy) is 1.